The average Bonchev–Trinajstić information content (AvgIpc) is 2.89. The first-order valence-electron chi connectivity index (χ1n) is 12.8. The maximum absolute atomic E-state index is 13.4. The zero-order chi connectivity index (χ0) is 25.4. The molecular formula is C27H40ClN5O2. The summed E-state index contributed by atoms with van der Waals surface area (Å²) in [5.41, 5.74) is 4.21. The number of aliphatic hydroxyl groups is 1. The van der Waals surface area contributed by atoms with Crippen LogP contribution < -0.4 is 21.5 Å². The van der Waals surface area contributed by atoms with Gasteiger partial charge in [-0.15, -0.1) is 0 Å². The number of hydrogen-bond acceptors (Lipinski definition) is 6. The second kappa shape index (κ2) is 13.3. The summed E-state index contributed by atoms with van der Waals surface area (Å²) in [6, 6.07) is 8.21. The second-order valence-corrected chi connectivity index (χ2v) is 10.6. The lowest BCUT2D eigenvalue weighted by atomic mass is 9.75. The highest BCUT2D eigenvalue weighted by Crippen LogP contribution is 2.35. The van der Waals surface area contributed by atoms with Gasteiger partial charge < -0.3 is 15.3 Å². The molecule has 0 heterocycles. The van der Waals surface area contributed by atoms with E-state index < -0.39 is 0 Å². The summed E-state index contributed by atoms with van der Waals surface area (Å²) in [6.07, 6.45) is 11.7. The van der Waals surface area contributed by atoms with E-state index in [0.29, 0.717) is 28.5 Å². The molecule has 8 heteroatoms. The lowest BCUT2D eigenvalue weighted by molar-refractivity contribution is -0.126. The van der Waals surface area contributed by atoms with Gasteiger partial charge in [-0.3, -0.25) is 16.1 Å². The molecule has 35 heavy (non-hydrogen) atoms. The van der Waals surface area contributed by atoms with E-state index in [0.717, 1.165) is 57.1 Å². The highest BCUT2D eigenvalue weighted by atomic mass is 35.5. The summed E-state index contributed by atoms with van der Waals surface area (Å²) in [4.78, 5) is 15.6. The third-order valence-corrected chi connectivity index (χ3v) is 8.21. The van der Waals surface area contributed by atoms with Crippen LogP contribution in [0.3, 0.4) is 0 Å². The molecule has 1 aromatic rings. The molecule has 2 saturated carbocycles. The van der Waals surface area contributed by atoms with Gasteiger partial charge in [-0.25, -0.2) is 0 Å². The largest absolute Gasteiger partial charge is 0.396 e. The molecule has 2 aliphatic carbocycles. The third-order valence-electron chi connectivity index (χ3n) is 7.90. The molecular weight excluding hydrogens is 462 g/mol. The molecule has 2 atom stereocenters. The van der Waals surface area contributed by atoms with Crippen LogP contribution in [-0.4, -0.2) is 42.8 Å². The van der Waals surface area contributed by atoms with Gasteiger partial charge in [0, 0.05) is 37.5 Å². The number of hydrogen-bond donors (Lipinski definition) is 4. The van der Waals surface area contributed by atoms with Crippen LogP contribution in [0, 0.1) is 29.1 Å². The Kier molecular flexibility index (Phi) is 10.4. The van der Waals surface area contributed by atoms with Gasteiger partial charge >= 0.3 is 0 Å². The summed E-state index contributed by atoms with van der Waals surface area (Å²) in [7, 11) is 2.07. The van der Waals surface area contributed by atoms with Crippen LogP contribution in [0.1, 0.15) is 63.9 Å². The molecule has 1 amide bonds. The van der Waals surface area contributed by atoms with Crippen molar-refractivity contribution in [2.24, 2.45) is 23.6 Å². The Labute approximate surface area is 214 Å². The molecule has 0 saturated heterocycles. The van der Waals surface area contributed by atoms with E-state index in [9.17, 15) is 9.90 Å². The number of aliphatic hydroxyl groups excluding tert-OH is 1. The molecule has 1 unspecified atom stereocenters. The van der Waals surface area contributed by atoms with Crippen molar-refractivity contribution in [3.63, 3.8) is 0 Å². The Hall–Kier alpha value is -2.11. The normalized spacial score (nSPS) is 26.6. The zero-order valence-corrected chi connectivity index (χ0v) is 21.7. The lowest BCUT2D eigenvalue weighted by Crippen LogP contribution is -2.46. The molecule has 0 aromatic heterocycles. The first kappa shape index (κ1) is 27.5. The average molecular weight is 502 g/mol. The van der Waals surface area contributed by atoms with Gasteiger partial charge in [0.05, 0.1) is 16.5 Å². The minimum atomic E-state index is -0.174. The fraction of sp³-hybridized carbons (Fsp3) is 0.630. The molecule has 7 nitrogen and oxygen atoms in total. The molecule has 0 bridgehead atoms. The number of rotatable bonds is 9. The lowest BCUT2D eigenvalue weighted by Gasteiger charge is -2.37. The molecule has 1 aromatic carbocycles. The highest BCUT2D eigenvalue weighted by Gasteiger charge is 2.32. The SMILES string of the molecule is CC(/C=C\[C@@H](C(=O)NC1CCC(N(C)c2ccc(C#N)c(Cl)c2)CC1)C1CCC(CO)CC1)NN. The van der Waals surface area contributed by atoms with E-state index in [2.05, 4.69) is 28.8 Å². The highest BCUT2D eigenvalue weighted by molar-refractivity contribution is 6.32. The number of carbonyl (C=O) groups excluding carboxylic acids is 1. The Morgan fingerprint density at radius 3 is 2.49 bits per heavy atom. The Balaban J connectivity index is 1.57. The minimum absolute atomic E-state index is 0.000727. The van der Waals surface area contributed by atoms with E-state index in [-0.39, 0.29) is 30.5 Å². The number of carbonyl (C=O) groups is 1. The molecule has 192 valence electrons. The number of nitrogens with one attached hydrogen (secondary N) is 2. The summed E-state index contributed by atoms with van der Waals surface area (Å²) in [5.74, 6) is 6.13. The van der Waals surface area contributed by atoms with E-state index in [1.165, 1.54) is 0 Å². The van der Waals surface area contributed by atoms with Gasteiger partial charge in [-0.05, 0) is 88.3 Å². The van der Waals surface area contributed by atoms with E-state index in [1.54, 1.807) is 6.07 Å². The molecule has 3 rings (SSSR count). The molecule has 0 spiro atoms. The summed E-state index contributed by atoms with van der Waals surface area (Å²) in [5, 5.41) is 22.4. The Bertz CT molecular complexity index is 901. The fourth-order valence-electron chi connectivity index (χ4n) is 5.46. The van der Waals surface area contributed by atoms with Crippen LogP contribution >= 0.6 is 11.6 Å². The van der Waals surface area contributed by atoms with Crippen LogP contribution in [0.15, 0.2) is 30.4 Å². The van der Waals surface area contributed by atoms with E-state index in [1.807, 2.05) is 31.2 Å². The fourth-order valence-corrected chi connectivity index (χ4v) is 5.68. The number of anilines is 1. The predicted molar refractivity (Wildman–Crippen MR) is 141 cm³/mol. The molecule has 2 aliphatic rings. The van der Waals surface area contributed by atoms with Crippen molar-refractivity contribution < 1.29 is 9.90 Å². The zero-order valence-electron chi connectivity index (χ0n) is 20.9. The number of hydrazine groups is 1. The first-order chi connectivity index (χ1) is 16.9. The number of benzene rings is 1. The van der Waals surface area contributed by atoms with Gasteiger partial charge in [0.15, 0.2) is 0 Å². The maximum atomic E-state index is 13.4. The predicted octanol–water partition coefficient (Wildman–Crippen LogP) is 3.90. The van der Waals surface area contributed by atoms with Crippen molar-refractivity contribution in [2.75, 3.05) is 18.6 Å². The quantitative estimate of drug-likeness (QED) is 0.232. The number of nitriles is 1. The summed E-state index contributed by atoms with van der Waals surface area (Å²) < 4.78 is 0. The Morgan fingerprint density at radius 1 is 1.23 bits per heavy atom. The van der Waals surface area contributed by atoms with Crippen molar-refractivity contribution in [1.29, 1.82) is 5.26 Å². The van der Waals surface area contributed by atoms with Crippen LogP contribution in [0.4, 0.5) is 5.69 Å². The van der Waals surface area contributed by atoms with Gasteiger partial charge in [0.2, 0.25) is 5.91 Å². The van der Waals surface area contributed by atoms with Crippen molar-refractivity contribution in [1.82, 2.24) is 10.7 Å². The van der Waals surface area contributed by atoms with Crippen molar-refractivity contribution in [2.45, 2.75) is 76.4 Å². The number of halogens is 1. The van der Waals surface area contributed by atoms with Gasteiger partial charge in [0.25, 0.3) is 0 Å². The van der Waals surface area contributed by atoms with Crippen LogP contribution in [-0.2, 0) is 4.79 Å². The second-order valence-electron chi connectivity index (χ2n) is 10.2. The maximum Gasteiger partial charge on any atom is 0.227 e. The summed E-state index contributed by atoms with van der Waals surface area (Å²) >= 11 is 6.23. The van der Waals surface area contributed by atoms with Crippen molar-refractivity contribution in [3.05, 3.63) is 40.9 Å². The first-order valence-corrected chi connectivity index (χ1v) is 13.2. The van der Waals surface area contributed by atoms with E-state index >= 15 is 0 Å². The van der Waals surface area contributed by atoms with Crippen LogP contribution in [0.25, 0.3) is 0 Å². The Morgan fingerprint density at radius 2 is 1.91 bits per heavy atom. The van der Waals surface area contributed by atoms with Gasteiger partial charge in [0.1, 0.15) is 6.07 Å². The smallest absolute Gasteiger partial charge is 0.227 e. The summed E-state index contributed by atoms with van der Waals surface area (Å²) in [6.45, 7) is 2.20. The van der Waals surface area contributed by atoms with E-state index in [4.69, 9.17) is 22.7 Å². The standard InChI is InChI=1S/C27H40ClN5O2/c1-18(32-30)3-14-25(20-6-4-19(17-34)5-7-20)27(35)31-22-9-12-23(13-10-22)33(2)24-11-8-21(16-29)26(28)15-24/h3,8,11,14-15,18-20,22-23,25,32,34H,4-7,9-10,12-13,17,30H2,1-2H3,(H,31,35)/b14-3-/t18?,19?,20?,22?,23?,25-/m1/s1. The van der Waals surface area contributed by atoms with Crippen molar-refractivity contribution >= 4 is 23.2 Å². The number of nitrogens with two attached hydrogens (primary N) is 1. The van der Waals surface area contributed by atoms with Crippen molar-refractivity contribution in [3.8, 4) is 6.07 Å². The monoisotopic (exact) mass is 501 g/mol. The minimum Gasteiger partial charge on any atom is -0.396 e. The van der Waals surface area contributed by atoms with Crippen LogP contribution in [0.5, 0.6) is 0 Å². The number of nitrogens with zero attached hydrogens (tertiary/aromatic N) is 2. The molecule has 2 fully saturated rings. The van der Waals surface area contributed by atoms with Gasteiger partial charge in [-0.2, -0.15) is 5.26 Å². The third kappa shape index (κ3) is 7.44. The molecule has 0 radical (unpaired) electrons. The van der Waals surface area contributed by atoms with Crippen LogP contribution in [0.2, 0.25) is 5.02 Å². The molecule has 0 aliphatic heterocycles. The van der Waals surface area contributed by atoms with Gasteiger partial charge in [-0.1, -0.05) is 23.8 Å². The number of amides is 1. The molecule has 5 N–H and O–H groups in total. The topological polar surface area (TPSA) is 114 Å².